The van der Waals surface area contributed by atoms with Gasteiger partial charge in [-0.05, 0) is 58.6 Å². The first kappa shape index (κ1) is 24.1. The van der Waals surface area contributed by atoms with Crippen LogP contribution in [0.15, 0.2) is 23.6 Å². The van der Waals surface area contributed by atoms with Crippen LogP contribution in [0.4, 0.5) is 10.7 Å². The van der Waals surface area contributed by atoms with Gasteiger partial charge in [0.05, 0.1) is 5.69 Å². The predicted molar refractivity (Wildman–Crippen MR) is 131 cm³/mol. The molecule has 0 radical (unpaired) electrons. The van der Waals surface area contributed by atoms with Gasteiger partial charge in [-0.1, -0.05) is 23.8 Å². The largest absolute Gasteiger partial charge is 0.444 e. The molecule has 0 aliphatic rings. The molecule has 172 valence electrons. The second kappa shape index (κ2) is 9.91. The number of thiazole rings is 1. The Kier molecular flexibility index (Phi) is 7.45. The molecule has 1 unspecified atom stereocenters. The first-order valence-electron chi connectivity index (χ1n) is 10.3. The lowest BCUT2D eigenvalue weighted by atomic mass is 10.0. The molecule has 0 bridgehead atoms. The lowest BCUT2D eigenvalue weighted by Crippen LogP contribution is -2.46. The summed E-state index contributed by atoms with van der Waals surface area (Å²) < 4.78 is 7.03. The second-order valence-corrected chi connectivity index (χ2v) is 10.4. The van der Waals surface area contributed by atoms with Gasteiger partial charge in [-0.25, -0.2) is 9.31 Å². The van der Waals surface area contributed by atoms with E-state index in [1.807, 2.05) is 11.6 Å². The average Bonchev–Trinajstić information content (AvgIpc) is 3.24. The molecule has 1 atom stereocenters. The monoisotopic (exact) mass is 475 g/mol. The first-order chi connectivity index (χ1) is 15.1. The summed E-state index contributed by atoms with van der Waals surface area (Å²) in [5.41, 5.74) is 3.67. The Bertz CT molecular complexity index is 1120. The summed E-state index contributed by atoms with van der Waals surface area (Å²) in [4.78, 5) is 30.2. The molecule has 8 nitrogen and oxygen atoms in total. The Balaban J connectivity index is 1.78. The van der Waals surface area contributed by atoms with Crippen LogP contribution < -0.4 is 10.6 Å². The molecule has 3 aromatic rings. The molecule has 2 heterocycles. The van der Waals surface area contributed by atoms with Crippen molar-refractivity contribution in [3.63, 3.8) is 0 Å². The number of alkyl carbamates (subject to hydrolysis) is 1. The molecular weight excluding hydrogens is 446 g/mol. The van der Waals surface area contributed by atoms with Gasteiger partial charge < -0.3 is 10.1 Å². The highest BCUT2D eigenvalue weighted by molar-refractivity contribution is 7.98. The van der Waals surface area contributed by atoms with E-state index in [1.54, 1.807) is 37.0 Å². The van der Waals surface area contributed by atoms with Gasteiger partial charge in [0.15, 0.2) is 0 Å². The Hall–Kier alpha value is -2.59. The van der Waals surface area contributed by atoms with Gasteiger partial charge in [-0.2, -0.15) is 16.7 Å². The van der Waals surface area contributed by atoms with E-state index in [4.69, 9.17) is 4.74 Å². The Labute approximate surface area is 196 Å². The molecule has 2 N–H and O–H groups in total. The fraction of sp³-hybridized carbons (Fsp3) is 0.455. The molecule has 32 heavy (non-hydrogen) atoms. The zero-order valence-corrected chi connectivity index (χ0v) is 20.8. The second-order valence-electron chi connectivity index (χ2n) is 8.54. The fourth-order valence-electron chi connectivity index (χ4n) is 3.17. The topological polar surface area (TPSA) is 97.6 Å². The van der Waals surface area contributed by atoms with E-state index in [1.165, 1.54) is 16.9 Å². The number of hydrogen-bond acceptors (Lipinski definition) is 7. The number of rotatable bonds is 7. The number of anilines is 1. The summed E-state index contributed by atoms with van der Waals surface area (Å²) in [5, 5.41) is 11.9. The van der Waals surface area contributed by atoms with Crippen molar-refractivity contribution in [2.45, 2.75) is 52.7 Å². The van der Waals surface area contributed by atoms with Crippen LogP contribution in [0.3, 0.4) is 0 Å². The molecule has 10 heteroatoms. The third kappa shape index (κ3) is 6.01. The molecule has 0 fully saturated rings. The minimum absolute atomic E-state index is 0.202. The van der Waals surface area contributed by atoms with Crippen molar-refractivity contribution in [1.82, 2.24) is 19.9 Å². The summed E-state index contributed by atoms with van der Waals surface area (Å²) in [6.45, 7) is 9.45. The number of hydrogen-bond donors (Lipinski definition) is 2. The SMILES string of the molecule is CSCCC(NC(=O)OC(C)(C)C)C(=O)Nc1nc2scc(-c3ccc(C)cc3C)n2n1. The number of carbonyl (C=O) groups is 2. The molecular formula is C22H29N5O3S2. The van der Waals surface area contributed by atoms with Gasteiger partial charge in [0, 0.05) is 10.9 Å². The zero-order chi connectivity index (χ0) is 23.5. The number of amides is 2. The van der Waals surface area contributed by atoms with Gasteiger partial charge in [-0.3, -0.25) is 10.1 Å². The van der Waals surface area contributed by atoms with Crippen molar-refractivity contribution in [2.75, 3.05) is 17.3 Å². The van der Waals surface area contributed by atoms with Crippen molar-refractivity contribution < 1.29 is 14.3 Å². The van der Waals surface area contributed by atoms with Crippen LogP contribution in [0, 0.1) is 13.8 Å². The number of nitrogens with zero attached hydrogens (tertiary/aromatic N) is 3. The van der Waals surface area contributed by atoms with E-state index in [-0.39, 0.29) is 11.9 Å². The minimum Gasteiger partial charge on any atom is -0.444 e. The highest BCUT2D eigenvalue weighted by Crippen LogP contribution is 2.29. The normalized spacial score (nSPS) is 12.6. The number of benzene rings is 1. The summed E-state index contributed by atoms with van der Waals surface area (Å²) in [7, 11) is 0. The van der Waals surface area contributed by atoms with Gasteiger partial charge in [-0.15, -0.1) is 16.4 Å². The average molecular weight is 476 g/mol. The number of carbonyl (C=O) groups excluding carboxylic acids is 2. The molecule has 0 saturated heterocycles. The van der Waals surface area contributed by atoms with Crippen molar-refractivity contribution >= 4 is 46.0 Å². The van der Waals surface area contributed by atoms with Crippen LogP contribution in [-0.4, -0.2) is 50.2 Å². The predicted octanol–water partition coefficient (Wildman–Crippen LogP) is 4.66. The molecule has 0 aliphatic heterocycles. The van der Waals surface area contributed by atoms with E-state index < -0.39 is 17.7 Å². The molecule has 1 aromatic carbocycles. The summed E-state index contributed by atoms with van der Waals surface area (Å²) >= 11 is 3.05. The number of aryl methyl sites for hydroxylation is 2. The molecule has 0 aliphatic carbocycles. The zero-order valence-electron chi connectivity index (χ0n) is 19.2. The maximum Gasteiger partial charge on any atom is 0.408 e. The molecule has 2 amide bonds. The smallest absolute Gasteiger partial charge is 0.408 e. The van der Waals surface area contributed by atoms with E-state index in [0.29, 0.717) is 17.1 Å². The third-order valence-electron chi connectivity index (χ3n) is 4.59. The molecule has 0 saturated carbocycles. The van der Waals surface area contributed by atoms with Crippen LogP contribution in [0.25, 0.3) is 16.2 Å². The van der Waals surface area contributed by atoms with Crippen LogP contribution >= 0.6 is 23.1 Å². The Morgan fingerprint density at radius 2 is 2.03 bits per heavy atom. The van der Waals surface area contributed by atoms with E-state index in [0.717, 1.165) is 16.8 Å². The summed E-state index contributed by atoms with van der Waals surface area (Å²) in [5.74, 6) is 0.528. The van der Waals surface area contributed by atoms with Crippen LogP contribution in [0.1, 0.15) is 38.3 Å². The maximum atomic E-state index is 12.9. The first-order valence-corrected chi connectivity index (χ1v) is 12.6. The number of thioether (sulfide) groups is 1. The van der Waals surface area contributed by atoms with Gasteiger partial charge in [0.1, 0.15) is 11.6 Å². The number of fused-ring (bicyclic) bond motifs is 1. The van der Waals surface area contributed by atoms with Crippen LogP contribution in [-0.2, 0) is 9.53 Å². The fourth-order valence-corrected chi connectivity index (χ4v) is 4.47. The van der Waals surface area contributed by atoms with Crippen molar-refractivity contribution in [3.8, 4) is 11.3 Å². The summed E-state index contributed by atoms with van der Waals surface area (Å²) in [6.07, 6.45) is 1.78. The Morgan fingerprint density at radius 3 is 2.69 bits per heavy atom. The van der Waals surface area contributed by atoms with Crippen molar-refractivity contribution in [1.29, 1.82) is 0 Å². The van der Waals surface area contributed by atoms with Crippen molar-refractivity contribution in [3.05, 3.63) is 34.7 Å². The number of aromatic nitrogens is 3. The Morgan fingerprint density at radius 1 is 1.28 bits per heavy atom. The van der Waals surface area contributed by atoms with Gasteiger partial charge >= 0.3 is 6.09 Å². The number of nitrogens with one attached hydrogen (secondary N) is 2. The lowest BCUT2D eigenvalue weighted by Gasteiger charge is -2.22. The molecule has 2 aromatic heterocycles. The highest BCUT2D eigenvalue weighted by atomic mass is 32.2. The maximum absolute atomic E-state index is 12.9. The standard InChI is InChI=1S/C22H29N5O3S2/c1-13-7-8-15(14(2)11-13)17-12-32-20-25-19(26-27(17)20)24-18(28)16(9-10-31-6)23-21(29)30-22(3,4)5/h7-8,11-12,16H,9-10H2,1-6H3,(H,23,29)(H,24,26,28). The van der Waals surface area contributed by atoms with E-state index in [2.05, 4.69) is 52.8 Å². The van der Waals surface area contributed by atoms with Crippen LogP contribution in [0.5, 0.6) is 0 Å². The van der Waals surface area contributed by atoms with Gasteiger partial charge in [0.2, 0.25) is 10.9 Å². The molecule has 0 spiro atoms. The van der Waals surface area contributed by atoms with E-state index >= 15 is 0 Å². The van der Waals surface area contributed by atoms with Crippen LogP contribution in [0.2, 0.25) is 0 Å². The summed E-state index contributed by atoms with van der Waals surface area (Å²) in [6, 6.07) is 5.49. The van der Waals surface area contributed by atoms with E-state index in [9.17, 15) is 9.59 Å². The quantitative estimate of drug-likeness (QED) is 0.516. The van der Waals surface area contributed by atoms with Gasteiger partial charge in [0.25, 0.3) is 5.95 Å². The highest BCUT2D eigenvalue weighted by Gasteiger charge is 2.25. The third-order valence-corrected chi connectivity index (χ3v) is 6.05. The van der Waals surface area contributed by atoms with Crippen molar-refractivity contribution in [2.24, 2.45) is 0 Å². The lowest BCUT2D eigenvalue weighted by molar-refractivity contribution is -0.118. The minimum atomic E-state index is -0.752. The number of ether oxygens (including phenoxy) is 1. The molecule has 3 rings (SSSR count).